The van der Waals surface area contributed by atoms with Crippen molar-refractivity contribution in [2.45, 2.75) is 13.8 Å². The van der Waals surface area contributed by atoms with Gasteiger partial charge in [-0.1, -0.05) is 12.1 Å². The van der Waals surface area contributed by atoms with Crippen molar-refractivity contribution in [1.82, 2.24) is 4.98 Å². The maximum absolute atomic E-state index is 12.3. The Bertz CT molecular complexity index is 830. The van der Waals surface area contributed by atoms with E-state index in [2.05, 4.69) is 9.72 Å². The first-order valence-corrected chi connectivity index (χ1v) is 7.72. The average molecular weight is 357 g/mol. The fourth-order valence-corrected chi connectivity index (χ4v) is 2.73. The normalized spacial score (nSPS) is 10.2. The number of ether oxygens (including phenoxy) is 3. The molecule has 1 aromatic heterocycles. The van der Waals surface area contributed by atoms with Crippen LogP contribution in [0.4, 0.5) is 0 Å². The summed E-state index contributed by atoms with van der Waals surface area (Å²) in [6.07, 6.45) is 0. The van der Waals surface area contributed by atoms with Crippen LogP contribution >= 0.6 is 0 Å². The second-order valence-corrected chi connectivity index (χ2v) is 5.46. The molecular weight excluding hydrogens is 338 g/mol. The van der Waals surface area contributed by atoms with Gasteiger partial charge in [0.15, 0.2) is 0 Å². The predicted octanol–water partition coefficient (Wildman–Crippen LogP) is 2.73. The summed E-state index contributed by atoms with van der Waals surface area (Å²) in [4.78, 5) is 40.6. The summed E-state index contributed by atoms with van der Waals surface area (Å²) >= 11 is 0. The van der Waals surface area contributed by atoms with Crippen LogP contribution in [0.15, 0.2) is 24.3 Å². The van der Waals surface area contributed by atoms with Crippen LogP contribution in [0.25, 0.3) is 11.1 Å². The first kappa shape index (κ1) is 19.1. The van der Waals surface area contributed by atoms with Crippen LogP contribution in [0, 0.1) is 13.8 Å². The number of rotatable bonds is 4. The Morgan fingerprint density at radius 1 is 0.731 bits per heavy atom. The molecule has 7 heteroatoms. The molecule has 0 aliphatic rings. The summed E-state index contributed by atoms with van der Waals surface area (Å²) < 4.78 is 14.4. The Kier molecular flexibility index (Phi) is 5.71. The van der Waals surface area contributed by atoms with E-state index in [1.165, 1.54) is 21.3 Å². The standard InChI is InChI=1S/C19H19NO6/c1-10-14(18(22)25-4)16(15(11(2)20-10)19(23)26-5)12-6-8-13(9-7-12)17(21)24-3/h6-9H,1-5H3. The van der Waals surface area contributed by atoms with E-state index >= 15 is 0 Å². The predicted molar refractivity (Wildman–Crippen MR) is 93.2 cm³/mol. The molecule has 2 aromatic rings. The quantitative estimate of drug-likeness (QED) is 0.613. The van der Waals surface area contributed by atoms with Crippen LogP contribution in [0.5, 0.6) is 0 Å². The highest BCUT2D eigenvalue weighted by atomic mass is 16.5. The van der Waals surface area contributed by atoms with Gasteiger partial charge in [0, 0.05) is 5.56 Å². The third-order valence-electron chi connectivity index (χ3n) is 3.93. The molecule has 0 saturated heterocycles. The molecule has 0 unspecified atom stereocenters. The van der Waals surface area contributed by atoms with Crippen LogP contribution in [0.1, 0.15) is 42.5 Å². The van der Waals surface area contributed by atoms with E-state index in [1.807, 2.05) is 0 Å². The fourth-order valence-electron chi connectivity index (χ4n) is 2.73. The number of nitrogens with zero attached hydrogens (tertiary/aromatic N) is 1. The van der Waals surface area contributed by atoms with E-state index in [9.17, 15) is 14.4 Å². The summed E-state index contributed by atoms with van der Waals surface area (Å²) in [6, 6.07) is 6.35. The summed E-state index contributed by atoms with van der Waals surface area (Å²) in [6.45, 7) is 3.32. The average Bonchev–Trinajstić information content (AvgIpc) is 2.65. The van der Waals surface area contributed by atoms with Gasteiger partial charge in [-0.15, -0.1) is 0 Å². The molecule has 0 aliphatic carbocycles. The van der Waals surface area contributed by atoms with Crippen molar-refractivity contribution in [3.8, 4) is 11.1 Å². The Morgan fingerprint density at radius 3 is 1.54 bits per heavy atom. The molecule has 0 radical (unpaired) electrons. The van der Waals surface area contributed by atoms with Crippen LogP contribution in [0.3, 0.4) is 0 Å². The highest BCUT2D eigenvalue weighted by Crippen LogP contribution is 2.32. The van der Waals surface area contributed by atoms with E-state index < -0.39 is 17.9 Å². The van der Waals surface area contributed by atoms with Gasteiger partial charge >= 0.3 is 17.9 Å². The fraction of sp³-hybridized carbons (Fsp3) is 0.263. The van der Waals surface area contributed by atoms with Crippen LogP contribution in [0.2, 0.25) is 0 Å². The van der Waals surface area contributed by atoms with Gasteiger partial charge < -0.3 is 14.2 Å². The van der Waals surface area contributed by atoms with Gasteiger partial charge in [-0.3, -0.25) is 4.98 Å². The Labute approximate surface area is 150 Å². The Balaban J connectivity index is 2.81. The first-order chi connectivity index (χ1) is 12.3. The van der Waals surface area contributed by atoms with E-state index in [0.717, 1.165) is 0 Å². The van der Waals surface area contributed by atoms with Crippen molar-refractivity contribution in [3.63, 3.8) is 0 Å². The minimum Gasteiger partial charge on any atom is -0.465 e. The van der Waals surface area contributed by atoms with Gasteiger partial charge in [0.25, 0.3) is 0 Å². The highest BCUT2D eigenvalue weighted by molar-refractivity contribution is 6.07. The lowest BCUT2D eigenvalue weighted by molar-refractivity contribution is 0.0586. The highest BCUT2D eigenvalue weighted by Gasteiger charge is 2.27. The topological polar surface area (TPSA) is 91.8 Å². The zero-order valence-corrected chi connectivity index (χ0v) is 15.2. The van der Waals surface area contributed by atoms with Crippen LogP contribution in [-0.2, 0) is 14.2 Å². The number of carbonyl (C=O) groups excluding carboxylic acids is 3. The first-order valence-electron chi connectivity index (χ1n) is 7.72. The third-order valence-corrected chi connectivity index (χ3v) is 3.93. The largest absolute Gasteiger partial charge is 0.465 e. The molecule has 0 spiro atoms. The van der Waals surface area contributed by atoms with Gasteiger partial charge in [-0.2, -0.15) is 0 Å². The van der Waals surface area contributed by atoms with Gasteiger partial charge in [0.2, 0.25) is 0 Å². The molecule has 0 atom stereocenters. The van der Waals surface area contributed by atoms with Crippen molar-refractivity contribution in [2.75, 3.05) is 21.3 Å². The molecule has 1 aromatic carbocycles. The number of hydrogen-bond acceptors (Lipinski definition) is 7. The molecule has 0 fully saturated rings. The zero-order valence-electron chi connectivity index (χ0n) is 15.2. The lowest BCUT2D eigenvalue weighted by atomic mass is 9.92. The molecule has 26 heavy (non-hydrogen) atoms. The maximum atomic E-state index is 12.3. The van der Waals surface area contributed by atoms with E-state index in [-0.39, 0.29) is 11.1 Å². The summed E-state index contributed by atoms with van der Waals surface area (Å²) in [5.41, 5.74) is 2.44. The van der Waals surface area contributed by atoms with Crippen LogP contribution < -0.4 is 0 Å². The van der Waals surface area contributed by atoms with E-state index in [0.29, 0.717) is 28.1 Å². The zero-order chi connectivity index (χ0) is 19.4. The second-order valence-electron chi connectivity index (χ2n) is 5.46. The molecule has 7 nitrogen and oxygen atoms in total. The molecule has 2 rings (SSSR count). The molecule has 0 N–H and O–H groups in total. The number of benzene rings is 1. The van der Waals surface area contributed by atoms with Crippen molar-refractivity contribution in [1.29, 1.82) is 0 Å². The number of pyridine rings is 1. The maximum Gasteiger partial charge on any atom is 0.340 e. The van der Waals surface area contributed by atoms with E-state index in [4.69, 9.17) is 9.47 Å². The lowest BCUT2D eigenvalue weighted by Crippen LogP contribution is -2.16. The SMILES string of the molecule is COC(=O)c1ccc(-c2c(C(=O)OC)c(C)nc(C)c2C(=O)OC)cc1. The number of methoxy groups -OCH3 is 3. The Morgan fingerprint density at radius 2 is 1.15 bits per heavy atom. The third kappa shape index (κ3) is 3.42. The molecule has 0 saturated carbocycles. The summed E-state index contributed by atoms with van der Waals surface area (Å²) in [7, 11) is 3.80. The Hall–Kier alpha value is -3.22. The van der Waals surface area contributed by atoms with Crippen molar-refractivity contribution < 1.29 is 28.6 Å². The van der Waals surface area contributed by atoms with Crippen molar-refractivity contribution in [3.05, 3.63) is 52.3 Å². The molecule has 0 aliphatic heterocycles. The van der Waals surface area contributed by atoms with Gasteiger partial charge in [0.1, 0.15) is 0 Å². The summed E-state index contributed by atoms with van der Waals surface area (Å²) in [5, 5.41) is 0. The van der Waals surface area contributed by atoms with E-state index in [1.54, 1.807) is 38.1 Å². The second kappa shape index (κ2) is 7.77. The molecule has 1 heterocycles. The number of esters is 3. The number of aryl methyl sites for hydroxylation is 2. The smallest absolute Gasteiger partial charge is 0.340 e. The number of hydrogen-bond donors (Lipinski definition) is 0. The number of aromatic nitrogens is 1. The van der Waals surface area contributed by atoms with Gasteiger partial charge in [-0.05, 0) is 31.5 Å². The van der Waals surface area contributed by atoms with Gasteiger partial charge in [-0.25, -0.2) is 14.4 Å². The molecule has 136 valence electrons. The molecule has 0 bridgehead atoms. The molecular formula is C19H19NO6. The monoisotopic (exact) mass is 357 g/mol. The van der Waals surface area contributed by atoms with Gasteiger partial charge in [0.05, 0.1) is 49.4 Å². The summed E-state index contributed by atoms with van der Waals surface area (Å²) in [5.74, 6) is -1.72. The molecule has 0 amide bonds. The van der Waals surface area contributed by atoms with Crippen molar-refractivity contribution in [2.24, 2.45) is 0 Å². The number of carbonyl (C=O) groups is 3. The minimum absolute atomic E-state index is 0.171. The minimum atomic E-state index is -0.618. The van der Waals surface area contributed by atoms with Crippen LogP contribution in [-0.4, -0.2) is 44.2 Å². The van der Waals surface area contributed by atoms with Crippen molar-refractivity contribution >= 4 is 17.9 Å². The lowest BCUT2D eigenvalue weighted by Gasteiger charge is -2.17.